The molecule has 0 atom stereocenters. The van der Waals surface area contributed by atoms with E-state index in [0.717, 1.165) is 47.4 Å². The van der Waals surface area contributed by atoms with E-state index < -0.39 is 0 Å². The highest BCUT2D eigenvalue weighted by Crippen LogP contribution is 2.16. The maximum absolute atomic E-state index is 12.1. The fourth-order valence-corrected chi connectivity index (χ4v) is 2.78. The number of benzene rings is 1. The molecule has 2 rings (SSSR count). The number of hydrogen-bond acceptors (Lipinski definition) is 3. The van der Waals surface area contributed by atoms with E-state index in [1.54, 1.807) is 0 Å². The van der Waals surface area contributed by atoms with Gasteiger partial charge in [0.25, 0.3) is 5.91 Å². The van der Waals surface area contributed by atoms with Crippen molar-refractivity contribution in [3.05, 3.63) is 32.9 Å². The molecule has 1 aliphatic heterocycles. The quantitative estimate of drug-likeness (QED) is 0.781. The second kappa shape index (κ2) is 7.21. The molecule has 0 saturated carbocycles. The van der Waals surface area contributed by atoms with Crippen molar-refractivity contribution in [3.8, 4) is 0 Å². The molecule has 1 aromatic carbocycles. The van der Waals surface area contributed by atoms with Gasteiger partial charge in [0.15, 0.2) is 0 Å². The minimum Gasteiger partial charge on any atom is -0.351 e. The van der Waals surface area contributed by atoms with Crippen molar-refractivity contribution in [1.29, 1.82) is 0 Å². The Hall–Kier alpha value is -0.660. The van der Waals surface area contributed by atoms with Gasteiger partial charge in [-0.3, -0.25) is 9.69 Å². The number of aryl methyl sites for hydroxylation is 1. The van der Waals surface area contributed by atoms with Crippen LogP contribution in [-0.4, -0.2) is 50.1 Å². The first-order valence-corrected chi connectivity index (χ1v) is 7.73. The van der Waals surface area contributed by atoms with Crippen LogP contribution >= 0.6 is 22.6 Å². The molecular formula is C14H20IN3O. The van der Waals surface area contributed by atoms with Crippen LogP contribution in [0.4, 0.5) is 0 Å². The second-order valence-electron chi connectivity index (χ2n) is 4.78. The molecule has 19 heavy (non-hydrogen) atoms. The molecular weight excluding hydrogens is 353 g/mol. The van der Waals surface area contributed by atoms with Gasteiger partial charge in [0.05, 0.1) is 5.56 Å². The van der Waals surface area contributed by atoms with Crippen molar-refractivity contribution < 1.29 is 4.79 Å². The van der Waals surface area contributed by atoms with Crippen LogP contribution in [0.15, 0.2) is 18.2 Å². The molecule has 0 aromatic heterocycles. The molecule has 1 heterocycles. The number of piperazine rings is 1. The summed E-state index contributed by atoms with van der Waals surface area (Å²) in [6.45, 7) is 7.89. The third-order valence-corrected chi connectivity index (χ3v) is 4.79. The topological polar surface area (TPSA) is 44.4 Å². The lowest BCUT2D eigenvalue weighted by Crippen LogP contribution is -2.46. The number of amides is 1. The van der Waals surface area contributed by atoms with Crippen LogP contribution in [0, 0.1) is 10.5 Å². The summed E-state index contributed by atoms with van der Waals surface area (Å²) < 4.78 is 1.04. The summed E-state index contributed by atoms with van der Waals surface area (Å²) in [5, 5.41) is 6.33. The predicted octanol–water partition coefficient (Wildman–Crippen LogP) is 1.23. The average Bonchev–Trinajstić information content (AvgIpc) is 2.43. The highest BCUT2D eigenvalue weighted by molar-refractivity contribution is 14.1. The number of nitrogens with one attached hydrogen (secondary N) is 2. The first-order chi connectivity index (χ1) is 9.18. The molecule has 5 heteroatoms. The zero-order valence-corrected chi connectivity index (χ0v) is 13.4. The summed E-state index contributed by atoms with van der Waals surface area (Å²) in [5.74, 6) is 0.0308. The van der Waals surface area contributed by atoms with Crippen molar-refractivity contribution in [2.75, 3.05) is 39.3 Å². The molecule has 0 bridgehead atoms. The smallest absolute Gasteiger partial charge is 0.252 e. The molecule has 1 aromatic rings. The van der Waals surface area contributed by atoms with Gasteiger partial charge in [-0.2, -0.15) is 0 Å². The molecule has 1 aliphatic rings. The third kappa shape index (κ3) is 4.15. The number of nitrogens with zero attached hydrogens (tertiary/aromatic N) is 1. The van der Waals surface area contributed by atoms with E-state index in [1.807, 2.05) is 25.1 Å². The van der Waals surface area contributed by atoms with Gasteiger partial charge in [-0.25, -0.2) is 0 Å². The standard InChI is InChI=1S/C14H20IN3O/c1-11-3-2-4-12(13(11)15)14(19)17-7-10-18-8-5-16-6-9-18/h2-4,16H,5-10H2,1H3,(H,17,19). The Morgan fingerprint density at radius 3 is 2.89 bits per heavy atom. The van der Waals surface area contributed by atoms with Crippen molar-refractivity contribution in [2.24, 2.45) is 0 Å². The molecule has 0 unspecified atom stereocenters. The normalized spacial score (nSPS) is 16.3. The van der Waals surface area contributed by atoms with Gasteiger partial charge in [-0.05, 0) is 41.1 Å². The SMILES string of the molecule is Cc1cccc(C(=O)NCCN2CCNCC2)c1I. The fraction of sp³-hybridized carbons (Fsp3) is 0.500. The van der Waals surface area contributed by atoms with Gasteiger partial charge in [0.1, 0.15) is 0 Å². The lowest BCUT2D eigenvalue weighted by atomic mass is 10.1. The maximum Gasteiger partial charge on any atom is 0.252 e. The summed E-state index contributed by atoms with van der Waals surface area (Å²) in [4.78, 5) is 14.5. The van der Waals surface area contributed by atoms with Crippen molar-refractivity contribution in [3.63, 3.8) is 0 Å². The molecule has 0 radical (unpaired) electrons. The van der Waals surface area contributed by atoms with Crippen molar-refractivity contribution in [1.82, 2.24) is 15.5 Å². The third-order valence-electron chi connectivity index (χ3n) is 3.36. The first-order valence-electron chi connectivity index (χ1n) is 6.65. The second-order valence-corrected chi connectivity index (χ2v) is 5.86. The minimum absolute atomic E-state index is 0.0308. The van der Waals surface area contributed by atoms with Crippen LogP contribution in [0.25, 0.3) is 0 Å². The van der Waals surface area contributed by atoms with E-state index in [0.29, 0.717) is 6.54 Å². The van der Waals surface area contributed by atoms with Gasteiger partial charge in [0.2, 0.25) is 0 Å². The van der Waals surface area contributed by atoms with E-state index in [9.17, 15) is 4.79 Å². The maximum atomic E-state index is 12.1. The summed E-state index contributed by atoms with van der Waals surface area (Å²) in [7, 11) is 0. The Bertz CT molecular complexity index is 444. The first kappa shape index (κ1) is 14.7. The molecule has 1 fully saturated rings. The summed E-state index contributed by atoms with van der Waals surface area (Å²) >= 11 is 2.24. The minimum atomic E-state index is 0.0308. The zero-order valence-electron chi connectivity index (χ0n) is 11.2. The van der Waals surface area contributed by atoms with E-state index in [4.69, 9.17) is 0 Å². The van der Waals surface area contributed by atoms with Gasteiger partial charge < -0.3 is 10.6 Å². The fourth-order valence-electron chi connectivity index (χ4n) is 2.18. The van der Waals surface area contributed by atoms with Crippen LogP contribution in [0.2, 0.25) is 0 Å². The van der Waals surface area contributed by atoms with Gasteiger partial charge >= 0.3 is 0 Å². The number of halogens is 1. The number of rotatable bonds is 4. The van der Waals surface area contributed by atoms with Crippen LogP contribution in [0.3, 0.4) is 0 Å². The Kier molecular flexibility index (Phi) is 5.59. The van der Waals surface area contributed by atoms with Crippen LogP contribution in [0.1, 0.15) is 15.9 Å². The molecule has 1 amide bonds. The van der Waals surface area contributed by atoms with E-state index >= 15 is 0 Å². The van der Waals surface area contributed by atoms with Gasteiger partial charge in [-0.1, -0.05) is 12.1 Å². The summed E-state index contributed by atoms with van der Waals surface area (Å²) in [6, 6.07) is 5.84. The number of hydrogen-bond donors (Lipinski definition) is 2. The Morgan fingerprint density at radius 2 is 2.16 bits per heavy atom. The van der Waals surface area contributed by atoms with Crippen LogP contribution in [0.5, 0.6) is 0 Å². The van der Waals surface area contributed by atoms with Gasteiger partial charge in [-0.15, -0.1) is 0 Å². The van der Waals surface area contributed by atoms with Crippen molar-refractivity contribution in [2.45, 2.75) is 6.92 Å². The summed E-state index contributed by atoms with van der Waals surface area (Å²) in [5.41, 5.74) is 1.93. The Balaban J connectivity index is 1.82. The molecule has 1 saturated heterocycles. The number of carbonyl (C=O) groups is 1. The van der Waals surface area contributed by atoms with Crippen molar-refractivity contribution >= 4 is 28.5 Å². The molecule has 0 spiro atoms. The lowest BCUT2D eigenvalue weighted by molar-refractivity contribution is 0.0946. The largest absolute Gasteiger partial charge is 0.351 e. The molecule has 104 valence electrons. The Labute approximate surface area is 128 Å². The lowest BCUT2D eigenvalue weighted by Gasteiger charge is -2.27. The number of carbonyl (C=O) groups excluding carboxylic acids is 1. The molecule has 4 nitrogen and oxygen atoms in total. The monoisotopic (exact) mass is 373 g/mol. The molecule has 2 N–H and O–H groups in total. The van der Waals surface area contributed by atoms with E-state index in [-0.39, 0.29) is 5.91 Å². The zero-order chi connectivity index (χ0) is 13.7. The van der Waals surface area contributed by atoms with Crippen LogP contribution < -0.4 is 10.6 Å². The highest BCUT2D eigenvalue weighted by Gasteiger charge is 2.12. The molecule has 0 aliphatic carbocycles. The average molecular weight is 373 g/mol. The summed E-state index contributed by atoms with van der Waals surface area (Å²) in [6.07, 6.45) is 0. The highest BCUT2D eigenvalue weighted by atomic mass is 127. The predicted molar refractivity (Wildman–Crippen MR) is 85.5 cm³/mol. The Morgan fingerprint density at radius 1 is 1.42 bits per heavy atom. The van der Waals surface area contributed by atoms with Crippen LogP contribution in [-0.2, 0) is 0 Å². The van der Waals surface area contributed by atoms with Gasteiger partial charge in [0, 0.05) is 42.8 Å². The van der Waals surface area contributed by atoms with E-state index in [1.165, 1.54) is 0 Å². The van der Waals surface area contributed by atoms with E-state index in [2.05, 4.69) is 38.1 Å².